The van der Waals surface area contributed by atoms with Crippen molar-refractivity contribution in [2.45, 2.75) is 13.3 Å². The summed E-state index contributed by atoms with van der Waals surface area (Å²) < 4.78 is 5.90. The lowest BCUT2D eigenvalue weighted by Gasteiger charge is -2.10. The summed E-state index contributed by atoms with van der Waals surface area (Å²) in [6.07, 6.45) is 8.01. The molecule has 6 nitrogen and oxygen atoms in total. The summed E-state index contributed by atoms with van der Waals surface area (Å²) in [6, 6.07) is 1.71. The number of hydrogen-bond acceptors (Lipinski definition) is 4. The first kappa shape index (κ1) is 12.3. The van der Waals surface area contributed by atoms with Crippen molar-refractivity contribution in [3.63, 3.8) is 0 Å². The van der Waals surface area contributed by atoms with Crippen LogP contribution in [0.15, 0.2) is 52.3 Å². The number of pyridine rings is 1. The maximum absolute atomic E-state index is 11.3. The van der Waals surface area contributed by atoms with Gasteiger partial charge < -0.3 is 15.5 Å². The molecule has 0 spiro atoms. The highest BCUT2D eigenvalue weighted by Crippen LogP contribution is 2.25. The van der Waals surface area contributed by atoms with Crippen molar-refractivity contribution in [2.24, 2.45) is 5.73 Å². The normalized spacial score (nSPS) is 15.3. The van der Waals surface area contributed by atoms with Gasteiger partial charge in [0.05, 0.1) is 0 Å². The average molecular weight is 270 g/mol. The van der Waals surface area contributed by atoms with Crippen LogP contribution in [0.2, 0.25) is 0 Å². The number of nitrogens with one attached hydrogen (secondary N) is 2. The van der Waals surface area contributed by atoms with Gasteiger partial charge in [0, 0.05) is 18.0 Å². The summed E-state index contributed by atoms with van der Waals surface area (Å²) in [4.78, 5) is 20.7. The largest absolute Gasteiger partial charge is 0.455 e. The van der Waals surface area contributed by atoms with Crippen molar-refractivity contribution in [1.29, 1.82) is 0 Å². The highest BCUT2D eigenvalue weighted by atomic mass is 16.5. The maximum Gasteiger partial charge on any atom is 0.325 e. The number of fused-ring (bicyclic) bond motifs is 1. The topological polar surface area (TPSA) is 96.8 Å². The van der Waals surface area contributed by atoms with E-state index in [0.29, 0.717) is 29.0 Å². The third-order valence-electron chi connectivity index (χ3n) is 3.03. The van der Waals surface area contributed by atoms with Gasteiger partial charge in [0.1, 0.15) is 11.3 Å². The smallest absolute Gasteiger partial charge is 0.325 e. The minimum absolute atomic E-state index is 0.309. The third-order valence-corrected chi connectivity index (χ3v) is 3.03. The van der Waals surface area contributed by atoms with Gasteiger partial charge in [0.25, 0.3) is 0 Å². The van der Waals surface area contributed by atoms with Gasteiger partial charge in [-0.05, 0) is 31.1 Å². The molecule has 0 radical (unpaired) electrons. The first-order chi connectivity index (χ1) is 9.63. The van der Waals surface area contributed by atoms with E-state index in [9.17, 15) is 4.79 Å². The van der Waals surface area contributed by atoms with E-state index in [1.807, 2.05) is 25.2 Å². The number of nitrogens with zero attached hydrogens (tertiary/aromatic N) is 1. The molecule has 0 atom stereocenters. The van der Waals surface area contributed by atoms with Crippen LogP contribution in [0.4, 0.5) is 0 Å². The number of imidazole rings is 1. The van der Waals surface area contributed by atoms with E-state index >= 15 is 0 Å². The zero-order chi connectivity index (χ0) is 14.1. The zero-order valence-electron chi connectivity index (χ0n) is 10.9. The molecule has 20 heavy (non-hydrogen) atoms. The van der Waals surface area contributed by atoms with Gasteiger partial charge in [-0.25, -0.2) is 9.78 Å². The number of hydrogen-bond donors (Lipinski definition) is 3. The molecule has 0 aliphatic heterocycles. The minimum atomic E-state index is -0.309. The Hall–Kier alpha value is -2.76. The first-order valence-electron chi connectivity index (χ1n) is 6.23. The monoisotopic (exact) mass is 270 g/mol. The van der Waals surface area contributed by atoms with Crippen LogP contribution in [-0.2, 0) is 0 Å². The van der Waals surface area contributed by atoms with Crippen LogP contribution in [0.25, 0.3) is 11.2 Å². The molecule has 0 aromatic carbocycles. The van der Waals surface area contributed by atoms with Crippen LogP contribution in [0.3, 0.4) is 0 Å². The summed E-state index contributed by atoms with van der Waals surface area (Å²) in [7, 11) is 0. The Morgan fingerprint density at radius 2 is 2.20 bits per heavy atom. The van der Waals surface area contributed by atoms with E-state index in [1.165, 1.54) is 0 Å². The Bertz CT molecular complexity index is 808. The molecule has 102 valence electrons. The average Bonchev–Trinajstić information content (AvgIpc) is 2.70. The fourth-order valence-electron chi connectivity index (χ4n) is 2.08. The lowest BCUT2D eigenvalue weighted by molar-refractivity contribution is 0.438. The first-order valence-corrected chi connectivity index (χ1v) is 6.23. The van der Waals surface area contributed by atoms with Gasteiger partial charge in [-0.2, -0.15) is 0 Å². The molecule has 1 aliphatic carbocycles. The Morgan fingerprint density at radius 3 is 3.05 bits per heavy atom. The predicted octanol–water partition coefficient (Wildman–Crippen LogP) is 1.71. The van der Waals surface area contributed by atoms with E-state index in [4.69, 9.17) is 10.5 Å². The second-order valence-corrected chi connectivity index (χ2v) is 4.55. The number of aromatic amines is 2. The molecule has 4 N–H and O–H groups in total. The Kier molecular flexibility index (Phi) is 2.90. The standard InChI is InChI=1S/C14H14N4O2/c1-8-7-9(15)3-2-4-10(8)20-11-5-6-16-13-12(11)17-14(19)18-13/h3-7H,2,15H2,1H3,(H2,16,17,18,19). The summed E-state index contributed by atoms with van der Waals surface area (Å²) >= 11 is 0. The predicted molar refractivity (Wildman–Crippen MR) is 76.1 cm³/mol. The fraction of sp³-hybridized carbons (Fsp3) is 0.143. The van der Waals surface area contributed by atoms with Crippen molar-refractivity contribution in [2.75, 3.05) is 0 Å². The molecule has 3 rings (SSSR count). The van der Waals surface area contributed by atoms with E-state index in [-0.39, 0.29) is 5.69 Å². The number of H-pyrrole nitrogens is 2. The van der Waals surface area contributed by atoms with Gasteiger partial charge in [0.2, 0.25) is 0 Å². The van der Waals surface area contributed by atoms with E-state index in [0.717, 1.165) is 11.3 Å². The lowest BCUT2D eigenvalue weighted by Crippen LogP contribution is -2.01. The van der Waals surface area contributed by atoms with Crippen LogP contribution in [0.1, 0.15) is 13.3 Å². The summed E-state index contributed by atoms with van der Waals surface area (Å²) in [5.74, 6) is 1.27. The Balaban J connectivity index is 2.00. The summed E-state index contributed by atoms with van der Waals surface area (Å²) in [6.45, 7) is 1.93. The van der Waals surface area contributed by atoms with Crippen LogP contribution in [-0.4, -0.2) is 15.0 Å². The molecular weight excluding hydrogens is 256 g/mol. The third kappa shape index (κ3) is 2.23. The van der Waals surface area contributed by atoms with Gasteiger partial charge in [0.15, 0.2) is 11.4 Å². The van der Waals surface area contributed by atoms with Crippen LogP contribution < -0.4 is 16.2 Å². The van der Waals surface area contributed by atoms with Crippen LogP contribution >= 0.6 is 0 Å². The van der Waals surface area contributed by atoms with E-state index < -0.39 is 0 Å². The minimum Gasteiger partial charge on any atom is -0.455 e. The van der Waals surface area contributed by atoms with E-state index in [2.05, 4.69) is 15.0 Å². The van der Waals surface area contributed by atoms with Crippen LogP contribution in [0.5, 0.6) is 5.75 Å². The fourth-order valence-corrected chi connectivity index (χ4v) is 2.08. The maximum atomic E-state index is 11.3. The molecule has 0 saturated carbocycles. The molecule has 2 aromatic heterocycles. The van der Waals surface area contributed by atoms with Crippen molar-refractivity contribution in [1.82, 2.24) is 15.0 Å². The molecule has 1 aliphatic rings. The number of rotatable bonds is 2. The molecule has 0 fully saturated rings. The summed E-state index contributed by atoms with van der Waals surface area (Å²) in [5.41, 5.74) is 8.17. The van der Waals surface area contributed by atoms with Gasteiger partial charge in [-0.1, -0.05) is 6.08 Å². The molecule has 0 unspecified atom stereocenters. The Labute approximate surface area is 114 Å². The molecule has 0 bridgehead atoms. The van der Waals surface area contributed by atoms with Gasteiger partial charge in [-0.3, -0.25) is 4.98 Å². The van der Waals surface area contributed by atoms with Gasteiger partial charge >= 0.3 is 5.69 Å². The highest BCUT2D eigenvalue weighted by Gasteiger charge is 2.11. The van der Waals surface area contributed by atoms with Gasteiger partial charge in [-0.15, -0.1) is 0 Å². The number of allylic oxidation sites excluding steroid dienone is 4. The number of nitrogens with two attached hydrogens (primary N) is 1. The van der Waals surface area contributed by atoms with Crippen molar-refractivity contribution >= 4 is 11.2 Å². The molecule has 2 heterocycles. The second kappa shape index (κ2) is 4.73. The Morgan fingerprint density at radius 1 is 1.35 bits per heavy atom. The SMILES string of the molecule is CC1=CC(N)=CCC=C1Oc1ccnc2[nH]c(=O)[nH]c12. The number of ether oxygens (including phenoxy) is 1. The number of aromatic nitrogens is 3. The molecule has 6 heteroatoms. The summed E-state index contributed by atoms with van der Waals surface area (Å²) in [5, 5.41) is 0. The molecule has 0 saturated heterocycles. The van der Waals surface area contributed by atoms with Crippen LogP contribution in [0, 0.1) is 0 Å². The van der Waals surface area contributed by atoms with Crippen molar-refractivity contribution in [3.8, 4) is 5.75 Å². The molecular formula is C14H14N4O2. The zero-order valence-corrected chi connectivity index (χ0v) is 10.9. The molecule has 0 amide bonds. The highest BCUT2D eigenvalue weighted by molar-refractivity contribution is 5.77. The van der Waals surface area contributed by atoms with E-state index in [1.54, 1.807) is 12.3 Å². The van der Waals surface area contributed by atoms with Crippen molar-refractivity contribution in [3.05, 3.63) is 58.0 Å². The lowest BCUT2D eigenvalue weighted by atomic mass is 10.2. The molecule has 2 aromatic rings. The quantitative estimate of drug-likeness (QED) is 0.773. The van der Waals surface area contributed by atoms with Crippen molar-refractivity contribution < 1.29 is 4.74 Å². The second-order valence-electron chi connectivity index (χ2n) is 4.55.